The standard InChI is InChI=1S/C30H30N2O2S4/c1-15(2)13-31-18(6)26-27(30(31)34)28(32(29(26)33)14-16(3)4)21-10-9-20(36-21)23-12-25-24(38-23)11-22(37-25)19-8-7-17(5)35-19/h7-12,15-16H,13-14H2,1-6H3. The SMILES string of the molecule is CC1=C2C(=O)N(CC(C)C)C(c3ccc(-c4cc5sc(-c6ccc(C)s6)cc5s4)s3)=C2C(=O)N1CC(C)C. The van der Waals surface area contributed by atoms with E-state index in [4.69, 9.17) is 0 Å². The molecule has 0 saturated heterocycles. The lowest BCUT2D eigenvalue weighted by Crippen LogP contribution is -2.33. The lowest BCUT2D eigenvalue weighted by atomic mass is 10.1. The summed E-state index contributed by atoms with van der Waals surface area (Å²) in [7, 11) is 0. The quantitative estimate of drug-likeness (QED) is 0.220. The number of allylic oxidation sites excluding steroid dienone is 1. The molecule has 0 saturated carbocycles. The number of hydrogen-bond donors (Lipinski definition) is 0. The van der Waals surface area contributed by atoms with Crippen molar-refractivity contribution in [3.05, 3.63) is 63.0 Å². The summed E-state index contributed by atoms with van der Waals surface area (Å²) in [6, 6.07) is 13.2. The summed E-state index contributed by atoms with van der Waals surface area (Å²) in [5, 5.41) is 0. The molecule has 196 valence electrons. The third-order valence-corrected chi connectivity index (χ3v) is 11.6. The minimum Gasteiger partial charge on any atom is -0.311 e. The van der Waals surface area contributed by atoms with E-state index in [9.17, 15) is 9.59 Å². The first-order valence-electron chi connectivity index (χ1n) is 12.9. The number of nitrogens with zero attached hydrogens (tertiary/aromatic N) is 2. The Bertz CT molecular complexity index is 1620. The van der Waals surface area contributed by atoms with Gasteiger partial charge >= 0.3 is 0 Å². The average molecular weight is 579 g/mol. The Labute approximate surface area is 239 Å². The second kappa shape index (κ2) is 9.59. The Morgan fingerprint density at radius 1 is 0.632 bits per heavy atom. The molecule has 0 aliphatic carbocycles. The molecule has 6 rings (SSSR count). The van der Waals surface area contributed by atoms with Gasteiger partial charge < -0.3 is 9.80 Å². The average Bonchev–Trinajstić information content (AvgIpc) is 3.65. The number of carbonyl (C=O) groups excluding carboxylic acids is 2. The van der Waals surface area contributed by atoms with Crippen LogP contribution in [-0.4, -0.2) is 34.7 Å². The fourth-order valence-corrected chi connectivity index (χ4v) is 9.68. The zero-order valence-electron chi connectivity index (χ0n) is 22.4. The zero-order chi connectivity index (χ0) is 26.9. The van der Waals surface area contributed by atoms with Crippen LogP contribution >= 0.6 is 45.3 Å². The molecule has 2 aliphatic rings. The summed E-state index contributed by atoms with van der Waals surface area (Å²) < 4.78 is 2.60. The highest BCUT2D eigenvalue weighted by atomic mass is 32.1. The Hall–Kier alpha value is -2.52. The highest BCUT2D eigenvalue weighted by molar-refractivity contribution is 7.33. The number of aryl methyl sites for hydroxylation is 1. The monoisotopic (exact) mass is 578 g/mol. The molecule has 2 aliphatic heterocycles. The van der Waals surface area contributed by atoms with E-state index < -0.39 is 0 Å². The second-order valence-electron chi connectivity index (χ2n) is 10.8. The molecule has 0 radical (unpaired) electrons. The minimum absolute atomic E-state index is 0.0382. The number of amides is 2. The maximum Gasteiger partial charge on any atom is 0.261 e. The molecule has 0 unspecified atom stereocenters. The van der Waals surface area contributed by atoms with Crippen LogP contribution in [0.25, 0.3) is 34.6 Å². The Morgan fingerprint density at radius 2 is 1.16 bits per heavy atom. The maximum atomic E-state index is 13.7. The highest BCUT2D eigenvalue weighted by Gasteiger charge is 2.47. The Morgan fingerprint density at radius 3 is 1.74 bits per heavy atom. The van der Waals surface area contributed by atoms with Gasteiger partial charge in [-0.25, -0.2) is 0 Å². The molecule has 6 heterocycles. The molecule has 4 nitrogen and oxygen atoms in total. The van der Waals surface area contributed by atoms with Crippen molar-refractivity contribution in [1.29, 1.82) is 0 Å². The van der Waals surface area contributed by atoms with Crippen molar-refractivity contribution >= 4 is 72.3 Å². The number of thiophene rings is 4. The lowest BCUT2D eigenvalue weighted by Gasteiger charge is -2.25. The first kappa shape index (κ1) is 25.7. The molecule has 0 fully saturated rings. The predicted molar refractivity (Wildman–Crippen MR) is 164 cm³/mol. The van der Waals surface area contributed by atoms with E-state index in [-0.39, 0.29) is 11.8 Å². The summed E-state index contributed by atoms with van der Waals surface area (Å²) in [4.78, 5) is 38.3. The van der Waals surface area contributed by atoms with E-state index in [1.165, 1.54) is 33.8 Å². The maximum absolute atomic E-state index is 13.7. The van der Waals surface area contributed by atoms with Crippen LogP contribution in [0.4, 0.5) is 0 Å². The molecular weight excluding hydrogens is 549 g/mol. The molecule has 0 N–H and O–H groups in total. The summed E-state index contributed by atoms with van der Waals surface area (Å²) in [6.07, 6.45) is 0. The van der Waals surface area contributed by atoms with Crippen molar-refractivity contribution in [2.24, 2.45) is 11.8 Å². The van der Waals surface area contributed by atoms with Crippen LogP contribution in [0.2, 0.25) is 0 Å². The topological polar surface area (TPSA) is 40.6 Å². The molecule has 2 amide bonds. The number of carbonyl (C=O) groups is 2. The molecule has 0 atom stereocenters. The highest BCUT2D eigenvalue weighted by Crippen LogP contribution is 2.48. The van der Waals surface area contributed by atoms with Crippen LogP contribution in [0, 0.1) is 18.8 Å². The summed E-state index contributed by atoms with van der Waals surface area (Å²) >= 11 is 7.17. The number of hydrogen-bond acceptors (Lipinski definition) is 6. The van der Waals surface area contributed by atoms with Crippen molar-refractivity contribution in [2.45, 2.75) is 41.5 Å². The van der Waals surface area contributed by atoms with Gasteiger partial charge in [0.25, 0.3) is 11.8 Å². The normalized spacial score (nSPS) is 16.1. The van der Waals surface area contributed by atoms with Gasteiger partial charge in [-0.05, 0) is 62.1 Å². The van der Waals surface area contributed by atoms with Crippen LogP contribution in [0.3, 0.4) is 0 Å². The molecule has 0 bridgehead atoms. The minimum atomic E-state index is -0.0382. The first-order valence-corrected chi connectivity index (χ1v) is 16.2. The third kappa shape index (κ3) is 4.22. The molecule has 8 heteroatoms. The van der Waals surface area contributed by atoms with E-state index >= 15 is 0 Å². The van der Waals surface area contributed by atoms with E-state index in [2.05, 4.69) is 71.0 Å². The van der Waals surface area contributed by atoms with Gasteiger partial charge in [0.2, 0.25) is 0 Å². The molecule has 4 aromatic rings. The fourth-order valence-electron chi connectivity index (χ4n) is 5.19. The van der Waals surface area contributed by atoms with Gasteiger partial charge in [0.15, 0.2) is 0 Å². The van der Waals surface area contributed by atoms with Gasteiger partial charge in [-0.2, -0.15) is 0 Å². The van der Waals surface area contributed by atoms with Crippen LogP contribution < -0.4 is 0 Å². The van der Waals surface area contributed by atoms with Crippen molar-refractivity contribution in [2.75, 3.05) is 13.1 Å². The van der Waals surface area contributed by atoms with E-state index in [0.717, 1.165) is 16.3 Å². The van der Waals surface area contributed by atoms with E-state index in [0.29, 0.717) is 36.1 Å². The van der Waals surface area contributed by atoms with Crippen molar-refractivity contribution < 1.29 is 9.59 Å². The van der Waals surface area contributed by atoms with Crippen LogP contribution in [0.5, 0.6) is 0 Å². The van der Waals surface area contributed by atoms with E-state index in [1.807, 2.05) is 45.8 Å². The number of rotatable bonds is 7. The largest absolute Gasteiger partial charge is 0.311 e. The van der Waals surface area contributed by atoms with Gasteiger partial charge in [-0.1, -0.05) is 27.7 Å². The Balaban J connectivity index is 1.39. The molecule has 0 spiro atoms. The first-order chi connectivity index (χ1) is 18.1. The van der Waals surface area contributed by atoms with Crippen LogP contribution in [0.1, 0.15) is 44.4 Å². The predicted octanol–water partition coefficient (Wildman–Crippen LogP) is 8.71. The van der Waals surface area contributed by atoms with Crippen LogP contribution in [-0.2, 0) is 9.59 Å². The Kier molecular flexibility index (Phi) is 6.50. The van der Waals surface area contributed by atoms with Gasteiger partial charge in [0.1, 0.15) is 0 Å². The summed E-state index contributed by atoms with van der Waals surface area (Å²) in [6.45, 7) is 13.7. The van der Waals surface area contributed by atoms with Gasteiger partial charge in [-0.15, -0.1) is 45.3 Å². The number of fused-ring (bicyclic) bond motifs is 2. The third-order valence-electron chi connectivity index (χ3n) is 6.81. The van der Waals surface area contributed by atoms with Crippen molar-refractivity contribution in [3.63, 3.8) is 0 Å². The molecule has 38 heavy (non-hydrogen) atoms. The molecule has 0 aromatic carbocycles. The van der Waals surface area contributed by atoms with E-state index in [1.54, 1.807) is 16.2 Å². The zero-order valence-corrected chi connectivity index (χ0v) is 25.6. The van der Waals surface area contributed by atoms with Crippen molar-refractivity contribution in [3.8, 4) is 19.5 Å². The van der Waals surface area contributed by atoms with Gasteiger partial charge in [-0.3, -0.25) is 9.59 Å². The van der Waals surface area contributed by atoms with Crippen molar-refractivity contribution in [1.82, 2.24) is 9.80 Å². The smallest absolute Gasteiger partial charge is 0.261 e. The second-order valence-corrected chi connectivity index (χ2v) is 15.4. The lowest BCUT2D eigenvalue weighted by molar-refractivity contribution is -0.124. The fraction of sp³-hybridized carbons (Fsp3) is 0.333. The van der Waals surface area contributed by atoms with Crippen LogP contribution in [0.15, 0.2) is 53.2 Å². The molecule has 4 aromatic heterocycles. The van der Waals surface area contributed by atoms with Gasteiger partial charge in [0, 0.05) is 52.6 Å². The van der Waals surface area contributed by atoms with Gasteiger partial charge in [0.05, 0.1) is 21.7 Å². The summed E-state index contributed by atoms with van der Waals surface area (Å²) in [5.41, 5.74) is 2.76. The molecular formula is C30H30N2O2S4. The summed E-state index contributed by atoms with van der Waals surface area (Å²) in [5.74, 6) is 0.540.